The van der Waals surface area contributed by atoms with Gasteiger partial charge in [0, 0.05) is 6.42 Å². The lowest BCUT2D eigenvalue weighted by Crippen LogP contribution is -2.23. The van der Waals surface area contributed by atoms with Crippen LogP contribution >= 0.6 is 0 Å². The number of hydrogen-bond donors (Lipinski definition) is 0. The molecular weight excluding hydrogens is 402 g/mol. The minimum atomic E-state index is -0.104. The molecule has 0 N–H and O–H groups in total. The molecule has 0 saturated carbocycles. The van der Waals surface area contributed by atoms with Gasteiger partial charge in [-0.25, -0.2) is 0 Å². The summed E-state index contributed by atoms with van der Waals surface area (Å²) in [5.41, 5.74) is 1.06. The number of ether oxygens (including phenoxy) is 2. The van der Waals surface area contributed by atoms with Crippen molar-refractivity contribution in [2.24, 2.45) is 11.8 Å². The van der Waals surface area contributed by atoms with E-state index in [2.05, 4.69) is 31.0 Å². The number of nitrogens with zero attached hydrogens (tertiary/aromatic N) is 1. The average Bonchev–Trinajstić information content (AvgIpc) is 3.18. The highest BCUT2D eigenvalue weighted by Gasteiger charge is 2.23. The molecule has 1 fully saturated rings. The van der Waals surface area contributed by atoms with Crippen LogP contribution in [0.4, 0.5) is 0 Å². The van der Waals surface area contributed by atoms with Gasteiger partial charge in [0.15, 0.2) is 0 Å². The minimum absolute atomic E-state index is 0.00191. The molecule has 2 unspecified atom stereocenters. The lowest BCUT2D eigenvalue weighted by Gasteiger charge is -2.17. The van der Waals surface area contributed by atoms with Crippen molar-refractivity contribution in [3.05, 3.63) is 36.0 Å². The first-order chi connectivity index (χ1) is 15.5. The van der Waals surface area contributed by atoms with E-state index in [0.717, 1.165) is 82.9 Å². The highest BCUT2D eigenvalue weighted by molar-refractivity contribution is 5.72. The van der Waals surface area contributed by atoms with E-state index in [1.807, 2.05) is 18.2 Å². The molecule has 0 amide bonds. The number of rotatable bonds is 13. The molecule has 2 aliphatic rings. The van der Waals surface area contributed by atoms with E-state index < -0.39 is 0 Å². The van der Waals surface area contributed by atoms with Crippen LogP contribution in [0, 0.1) is 11.8 Å². The summed E-state index contributed by atoms with van der Waals surface area (Å²) in [5, 5.41) is 0. The second-order valence-corrected chi connectivity index (χ2v) is 9.44. The lowest BCUT2D eigenvalue weighted by molar-refractivity contribution is -0.150. The Morgan fingerprint density at radius 1 is 1.06 bits per heavy atom. The molecule has 1 saturated heterocycles. The van der Waals surface area contributed by atoms with Gasteiger partial charge in [0.2, 0.25) is 0 Å². The molecule has 0 aromatic heterocycles. The van der Waals surface area contributed by atoms with Crippen LogP contribution in [0.15, 0.2) is 36.0 Å². The molecule has 0 spiro atoms. The summed E-state index contributed by atoms with van der Waals surface area (Å²) in [5.74, 6) is 0.385. The van der Waals surface area contributed by atoms with E-state index in [0.29, 0.717) is 25.6 Å². The number of allylic oxidation sites excluding steroid dienone is 4. The number of carbonyl (C=O) groups excluding carboxylic acids is 2. The average molecular weight is 446 g/mol. The van der Waals surface area contributed by atoms with E-state index >= 15 is 0 Å². The van der Waals surface area contributed by atoms with Gasteiger partial charge >= 0.3 is 11.9 Å². The number of likely N-dealkylation sites (tertiary alicyclic amines) is 1. The van der Waals surface area contributed by atoms with Crippen molar-refractivity contribution < 1.29 is 19.1 Å². The minimum Gasteiger partial charge on any atom is -0.465 e. The van der Waals surface area contributed by atoms with Crippen LogP contribution in [0.5, 0.6) is 0 Å². The first-order valence-electron chi connectivity index (χ1n) is 12.6. The summed E-state index contributed by atoms with van der Waals surface area (Å²) in [6.07, 6.45) is 21.0. The molecule has 0 aromatic rings. The van der Waals surface area contributed by atoms with Gasteiger partial charge in [-0.3, -0.25) is 9.59 Å². The van der Waals surface area contributed by atoms with Crippen molar-refractivity contribution in [1.29, 1.82) is 0 Å². The molecule has 1 aliphatic heterocycles. The molecule has 1 heterocycles. The zero-order valence-corrected chi connectivity index (χ0v) is 20.2. The van der Waals surface area contributed by atoms with Crippen LogP contribution in [0.1, 0.15) is 77.6 Å². The van der Waals surface area contributed by atoms with E-state index in [9.17, 15) is 9.59 Å². The zero-order valence-electron chi connectivity index (χ0n) is 20.2. The Hall–Kier alpha value is -1.88. The van der Waals surface area contributed by atoms with Crippen molar-refractivity contribution in [3.8, 4) is 0 Å². The Morgan fingerprint density at radius 2 is 1.88 bits per heavy atom. The van der Waals surface area contributed by atoms with Crippen molar-refractivity contribution in [3.63, 3.8) is 0 Å². The Morgan fingerprint density at radius 3 is 2.75 bits per heavy atom. The third kappa shape index (κ3) is 11.7. The Bertz CT molecular complexity index is 652. The fraction of sp³-hybridized carbons (Fsp3) is 0.704. The first-order valence-corrected chi connectivity index (χ1v) is 12.6. The maximum Gasteiger partial charge on any atom is 0.308 e. The van der Waals surface area contributed by atoms with Crippen molar-refractivity contribution >= 4 is 11.9 Å². The first kappa shape index (κ1) is 26.4. The quantitative estimate of drug-likeness (QED) is 0.272. The largest absolute Gasteiger partial charge is 0.465 e. The second-order valence-electron chi connectivity index (χ2n) is 9.44. The van der Waals surface area contributed by atoms with Crippen LogP contribution < -0.4 is 0 Å². The maximum atomic E-state index is 12.3. The molecule has 0 aromatic carbocycles. The van der Waals surface area contributed by atoms with E-state index in [4.69, 9.17) is 9.47 Å². The SMILES string of the molecule is CC(CCCCCCCC(=O)OCC1=CCC=CC=C1)COC(=O)C1CCCN(C)CC1. The topological polar surface area (TPSA) is 55.8 Å². The van der Waals surface area contributed by atoms with E-state index in [1.54, 1.807) is 0 Å². The molecular formula is C27H43NO4. The summed E-state index contributed by atoms with van der Waals surface area (Å²) in [6, 6.07) is 0. The lowest BCUT2D eigenvalue weighted by atomic mass is 10.0. The van der Waals surface area contributed by atoms with Gasteiger partial charge in [-0.2, -0.15) is 0 Å². The fourth-order valence-corrected chi connectivity index (χ4v) is 4.16. The molecule has 32 heavy (non-hydrogen) atoms. The smallest absolute Gasteiger partial charge is 0.308 e. The van der Waals surface area contributed by atoms with Crippen LogP contribution in [0.3, 0.4) is 0 Å². The van der Waals surface area contributed by atoms with Gasteiger partial charge in [0.25, 0.3) is 0 Å². The Labute approximate surface area is 194 Å². The molecule has 5 heteroatoms. The standard InChI is InChI=1S/C27H43NO4/c1-23(21-32-27(30)25-16-12-19-28(2)20-18-25)13-8-4-3-5-11-17-26(29)31-22-24-14-9-6-7-10-15-24/h6-7,9,14-15,23,25H,3-5,8,10-13,16-22H2,1-2H3. The van der Waals surface area contributed by atoms with Gasteiger partial charge in [-0.1, -0.05) is 63.0 Å². The van der Waals surface area contributed by atoms with Crippen molar-refractivity contribution in [1.82, 2.24) is 4.90 Å². The summed E-state index contributed by atoms with van der Waals surface area (Å²) in [4.78, 5) is 26.5. The number of hydrogen-bond acceptors (Lipinski definition) is 5. The van der Waals surface area contributed by atoms with Gasteiger partial charge in [-0.05, 0) is 70.2 Å². The molecule has 0 bridgehead atoms. The second kappa shape index (κ2) is 15.8. The summed E-state index contributed by atoms with van der Waals surface area (Å²) >= 11 is 0. The zero-order chi connectivity index (χ0) is 23.0. The van der Waals surface area contributed by atoms with Crippen LogP contribution in [-0.4, -0.2) is 50.2 Å². The molecule has 0 radical (unpaired) electrons. The fourth-order valence-electron chi connectivity index (χ4n) is 4.16. The monoisotopic (exact) mass is 445 g/mol. The van der Waals surface area contributed by atoms with Crippen molar-refractivity contribution in [2.45, 2.75) is 77.6 Å². The van der Waals surface area contributed by atoms with E-state index in [-0.39, 0.29) is 17.9 Å². The van der Waals surface area contributed by atoms with Crippen molar-refractivity contribution in [2.75, 3.05) is 33.4 Å². The third-order valence-electron chi connectivity index (χ3n) is 6.35. The van der Waals surface area contributed by atoms with Gasteiger partial charge < -0.3 is 14.4 Å². The number of esters is 2. The molecule has 180 valence electrons. The molecule has 5 nitrogen and oxygen atoms in total. The number of carbonyl (C=O) groups is 2. The van der Waals surface area contributed by atoms with Crippen LogP contribution in [0.2, 0.25) is 0 Å². The molecule has 2 atom stereocenters. The summed E-state index contributed by atoms with van der Waals surface area (Å²) < 4.78 is 11.0. The van der Waals surface area contributed by atoms with E-state index in [1.165, 1.54) is 0 Å². The Kier molecular flexibility index (Phi) is 13.1. The summed E-state index contributed by atoms with van der Waals surface area (Å²) in [6.45, 7) is 5.14. The number of unbranched alkanes of at least 4 members (excludes halogenated alkanes) is 4. The third-order valence-corrected chi connectivity index (χ3v) is 6.35. The highest BCUT2D eigenvalue weighted by Crippen LogP contribution is 2.19. The predicted molar refractivity (Wildman–Crippen MR) is 129 cm³/mol. The maximum absolute atomic E-state index is 12.3. The van der Waals surface area contributed by atoms with Gasteiger partial charge in [-0.15, -0.1) is 0 Å². The molecule has 1 aliphatic carbocycles. The van der Waals surface area contributed by atoms with Gasteiger partial charge in [0.05, 0.1) is 12.5 Å². The predicted octanol–water partition coefficient (Wildman–Crippen LogP) is 5.61. The summed E-state index contributed by atoms with van der Waals surface area (Å²) in [7, 11) is 2.12. The normalized spacial score (nSPS) is 20.2. The van der Waals surface area contributed by atoms with Crippen LogP contribution in [-0.2, 0) is 19.1 Å². The highest BCUT2D eigenvalue weighted by atomic mass is 16.5. The molecule has 2 rings (SSSR count). The Balaban J connectivity index is 1.42. The van der Waals surface area contributed by atoms with Gasteiger partial charge in [0.1, 0.15) is 6.61 Å². The van der Waals surface area contributed by atoms with Crippen LogP contribution in [0.25, 0.3) is 0 Å².